The molecule has 0 atom stereocenters. The molecule has 5 rings (SSSR count). The van der Waals surface area contributed by atoms with Gasteiger partial charge in [0.1, 0.15) is 17.8 Å². The highest BCUT2D eigenvalue weighted by Gasteiger charge is 2.12. The van der Waals surface area contributed by atoms with E-state index in [1.54, 1.807) is 0 Å². The topological polar surface area (TPSA) is 105 Å². The quantitative estimate of drug-likeness (QED) is 0.506. The summed E-state index contributed by atoms with van der Waals surface area (Å²) in [5, 5.41) is 4.27. The summed E-state index contributed by atoms with van der Waals surface area (Å²) in [5.74, 6) is 1.57. The molecule has 1 saturated heterocycles. The Labute approximate surface area is 173 Å². The predicted molar refractivity (Wildman–Crippen MR) is 113 cm³/mol. The molecule has 0 bridgehead atoms. The van der Waals surface area contributed by atoms with Crippen molar-refractivity contribution < 1.29 is 4.74 Å². The molecule has 0 saturated carbocycles. The minimum atomic E-state index is 0.567. The molecule has 0 unspecified atom stereocenters. The van der Waals surface area contributed by atoms with Gasteiger partial charge < -0.3 is 19.9 Å². The zero-order chi connectivity index (χ0) is 20.2. The number of nitrogens with one attached hydrogen (secondary N) is 2. The van der Waals surface area contributed by atoms with Crippen molar-refractivity contribution in [3.63, 3.8) is 0 Å². The maximum Gasteiger partial charge on any atom is 0.222 e. The van der Waals surface area contributed by atoms with E-state index in [0.717, 1.165) is 66.4 Å². The van der Waals surface area contributed by atoms with Crippen molar-refractivity contribution in [1.29, 1.82) is 0 Å². The standard InChI is InChI=1S/C21H22N8O/c1-2-17(28-19(3-1)29-4-6-30-7-5-29)12-26-21-24-9-15(10-25-21)8-16-11-23-20-18(16)13-22-14-27-20/h1-3,9-11,13-14H,4-8,12H2,(H,22,23,27)(H,24,25,26). The molecule has 0 aromatic carbocycles. The number of aromatic nitrogens is 6. The molecule has 0 spiro atoms. The zero-order valence-corrected chi connectivity index (χ0v) is 16.5. The first kappa shape index (κ1) is 18.4. The van der Waals surface area contributed by atoms with Crippen LogP contribution in [-0.2, 0) is 17.7 Å². The molecule has 0 amide bonds. The molecule has 9 nitrogen and oxygen atoms in total. The van der Waals surface area contributed by atoms with E-state index in [2.05, 4.69) is 35.1 Å². The van der Waals surface area contributed by atoms with Crippen LogP contribution < -0.4 is 10.2 Å². The van der Waals surface area contributed by atoms with Gasteiger partial charge in [-0.15, -0.1) is 0 Å². The maximum atomic E-state index is 5.41. The molecule has 4 aromatic rings. The lowest BCUT2D eigenvalue weighted by Crippen LogP contribution is -2.36. The van der Waals surface area contributed by atoms with Gasteiger partial charge in [-0.3, -0.25) is 0 Å². The Hall–Kier alpha value is -3.59. The first-order chi connectivity index (χ1) is 14.8. The Morgan fingerprint density at radius 2 is 1.93 bits per heavy atom. The number of ether oxygens (including phenoxy) is 1. The molecule has 1 fully saturated rings. The Morgan fingerprint density at radius 1 is 1.07 bits per heavy atom. The van der Waals surface area contributed by atoms with Gasteiger partial charge in [-0.2, -0.15) is 0 Å². The van der Waals surface area contributed by atoms with Crippen molar-refractivity contribution in [1.82, 2.24) is 29.9 Å². The second kappa shape index (κ2) is 8.42. The van der Waals surface area contributed by atoms with Crippen molar-refractivity contribution in [2.24, 2.45) is 0 Å². The van der Waals surface area contributed by atoms with Crippen LogP contribution in [-0.4, -0.2) is 56.2 Å². The van der Waals surface area contributed by atoms with Gasteiger partial charge in [0, 0.05) is 49.7 Å². The number of nitrogens with zero attached hydrogens (tertiary/aromatic N) is 6. The van der Waals surface area contributed by atoms with E-state index in [1.807, 2.05) is 43.0 Å². The van der Waals surface area contributed by atoms with E-state index >= 15 is 0 Å². The number of aromatic amines is 1. The molecular formula is C21H22N8O. The molecule has 9 heteroatoms. The molecule has 0 aliphatic carbocycles. The summed E-state index contributed by atoms with van der Waals surface area (Å²) in [6.07, 6.45) is 9.72. The molecule has 30 heavy (non-hydrogen) atoms. The van der Waals surface area contributed by atoms with Crippen molar-refractivity contribution in [3.05, 3.63) is 66.1 Å². The number of hydrogen-bond acceptors (Lipinski definition) is 8. The lowest BCUT2D eigenvalue weighted by molar-refractivity contribution is 0.122. The summed E-state index contributed by atoms with van der Waals surface area (Å²) in [7, 11) is 0. The van der Waals surface area contributed by atoms with Gasteiger partial charge in [0.05, 0.1) is 25.5 Å². The van der Waals surface area contributed by atoms with Gasteiger partial charge in [0.15, 0.2) is 0 Å². The fourth-order valence-electron chi connectivity index (χ4n) is 3.52. The molecular weight excluding hydrogens is 380 g/mol. The van der Waals surface area contributed by atoms with Crippen LogP contribution >= 0.6 is 0 Å². The van der Waals surface area contributed by atoms with Gasteiger partial charge >= 0.3 is 0 Å². The number of rotatable bonds is 6. The molecule has 2 N–H and O–H groups in total. The first-order valence-corrected chi connectivity index (χ1v) is 9.94. The van der Waals surface area contributed by atoms with Crippen LogP contribution in [0.4, 0.5) is 11.8 Å². The van der Waals surface area contributed by atoms with Crippen LogP contribution in [0.1, 0.15) is 16.8 Å². The number of hydrogen-bond donors (Lipinski definition) is 2. The average Bonchev–Trinajstić information content (AvgIpc) is 3.22. The van der Waals surface area contributed by atoms with E-state index in [0.29, 0.717) is 12.5 Å². The molecule has 5 heterocycles. The van der Waals surface area contributed by atoms with Crippen LogP contribution in [0.2, 0.25) is 0 Å². The molecule has 152 valence electrons. The smallest absolute Gasteiger partial charge is 0.222 e. The summed E-state index contributed by atoms with van der Waals surface area (Å²) >= 11 is 0. The van der Waals surface area contributed by atoms with Gasteiger partial charge in [0.2, 0.25) is 5.95 Å². The summed E-state index contributed by atoms with van der Waals surface area (Å²) in [6, 6.07) is 6.07. The van der Waals surface area contributed by atoms with E-state index in [4.69, 9.17) is 9.72 Å². The molecule has 1 aliphatic rings. The summed E-state index contributed by atoms with van der Waals surface area (Å²) in [4.78, 5) is 27.4. The van der Waals surface area contributed by atoms with E-state index in [9.17, 15) is 0 Å². The fraction of sp³-hybridized carbons (Fsp3) is 0.286. The van der Waals surface area contributed by atoms with Gasteiger partial charge in [-0.05, 0) is 23.3 Å². The normalized spacial score (nSPS) is 14.2. The third-order valence-electron chi connectivity index (χ3n) is 5.10. The van der Waals surface area contributed by atoms with Gasteiger partial charge in [0.25, 0.3) is 0 Å². The third-order valence-corrected chi connectivity index (χ3v) is 5.10. The van der Waals surface area contributed by atoms with Crippen molar-refractivity contribution in [2.45, 2.75) is 13.0 Å². The minimum Gasteiger partial charge on any atom is -0.378 e. The number of pyridine rings is 1. The maximum absolute atomic E-state index is 5.41. The lowest BCUT2D eigenvalue weighted by atomic mass is 10.1. The summed E-state index contributed by atoms with van der Waals surface area (Å²) in [5.41, 5.74) is 3.94. The predicted octanol–water partition coefficient (Wildman–Crippen LogP) is 2.18. The van der Waals surface area contributed by atoms with Gasteiger partial charge in [-0.1, -0.05) is 6.07 Å². The van der Waals surface area contributed by atoms with Crippen LogP contribution in [0.25, 0.3) is 11.0 Å². The Balaban J connectivity index is 1.21. The fourth-order valence-corrected chi connectivity index (χ4v) is 3.52. The van der Waals surface area contributed by atoms with E-state index < -0.39 is 0 Å². The molecule has 1 aliphatic heterocycles. The zero-order valence-electron chi connectivity index (χ0n) is 16.5. The van der Waals surface area contributed by atoms with Crippen LogP contribution in [0.5, 0.6) is 0 Å². The highest BCUT2D eigenvalue weighted by molar-refractivity contribution is 5.78. The van der Waals surface area contributed by atoms with Crippen molar-refractivity contribution in [3.8, 4) is 0 Å². The number of anilines is 2. The van der Waals surface area contributed by atoms with Crippen LogP contribution in [0.15, 0.2) is 49.3 Å². The van der Waals surface area contributed by atoms with E-state index in [1.165, 1.54) is 6.33 Å². The van der Waals surface area contributed by atoms with Crippen molar-refractivity contribution in [2.75, 3.05) is 36.5 Å². The van der Waals surface area contributed by atoms with Crippen molar-refractivity contribution >= 4 is 22.8 Å². The second-order valence-corrected chi connectivity index (χ2v) is 7.13. The SMILES string of the molecule is c1cc(CNc2ncc(Cc3c[nH]c4ncncc34)cn2)nc(N2CCOCC2)c1. The summed E-state index contributed by atoms with van der Waals surface area (Å²) in [6.45, 7) is 3.80. The Kier molecular flexibility index (Phi) is 5.17. The number of morpholine rings is 1. The molecule has 0 radical (unpaired) electrons. The largest absolute Gasteiger partial charge is 0.378 e. The second-order valence-electron chi connectivity index (χ2n) is 7.13. The first-order valence-electron chi connectivity index (χ1n) is 9.94. The number of H-pyrrole nitrogens is 1. The monoisotopic (exact) mass is 402 g/mol. The number of fused-ring (bicyclic) bond motifs is 1. The minimum absolute atomic E-state index is 0.567. The van der Waals surface area contributed by atoms with E-state index in [-0.39, 0.29) is 0 Å². The summed E-state index contributed by atoms with van der Waals surface area (Å²) < 4.78 is 5.41. The highest BCUT2D eigenvalue weighted by Crippen LogP contribution is 2.18. The lowest BCUT2D eigenvalue weighted by Gasteiger charge is -2.28. The van der Waals surface area contributed by atoms with Gasteiger partial charge in [-0.25, -0.2) is 24.9 Å². The Bertz CT molecular complexity index is 1120. The third kappa shape index (κ3) is 4.06. The van der Waals surface area contributed by atoms with Crippen LogP contribution in [0.3, 0.4) is 0 Å². The van der Waals surface area contributed by atoms with Crippen LogP contribution in [0, 0.1) is 0 Å². The Morgan fingerprint density at radius 3 is 2.80 bits per heavy atom. The average molecular weight is 402 g/mol. The highest BCUT2D eigenvalue weighted by atomic mass is 16.5. The molecule has 4 aromatic heterocycles.